The lowest BCUT2D eigenvalue weighted by Gasteiger charge is -2.08. The van der Waals surface area contributed by atoms with E-state index in [0.717, 1.165) is 37.6 Å². The normalized spacial score (nSPS) is 16.9. The minimum Gasteiger partial charge on any atom is -0.392 e. The van der Waals surface area contributed by atoms with E-state index in [1.54, 1.807) is 13.1 Å². The number of hydrogen-bond donors (Lipinski definition) is 2. The molecule has 0 unspecified atom stereocenters. The Bertz CT molecular complexity index is 534. The number of rotatable bonds is 3. The lowest BCUT2D eigenvalue weighted by molar-refractivity contribution is 0.174. The van der Waals surface area contributed by atoms with Gasteiger partial charge in [-0.2, -0.15) is 5.10 Å². The molecule has 0 amide bonds. The van der Waals surface area contributed by atoms with Crippen molar-refractivity contribution in [3.63, 3.8) is 0 Å². The van der Waals surface area contributed by atoms with Crippen LogP contribution in [-0.4, -0.2) is 37.1 Å². The fourth-order valence-corrected chi connectivity index (χ4v) is 2.45. The summed E-state index contributed by atoms with van der Waals surface area (Å²) in [5, 5.41) is 17.5. The molecule has 19 heavy (non-hydrogen) atoms. The highest BCUT2D eigenvalue weighted by Gasteiger charge is 2.15. The number of aryl methyl sites for hydroxylation is 1. The largest absolute Gasteiger partial charge is 0.392 e. The maximum absolute atomic E-state index is 9.51. The second-order valence-corrected chi connectivity index (χ2v) is 5.03. The van der Waals surface area contributed by atoms with E-state index in [1.165, 1.54) is 5.69 Å². The first kappa shape index (κ1) is 12.4. The van der Waals surface area contributed by atoms with Gasteiger partial charge in [0.2, 0.25) is 0 Å². The predicted molar refractivity (Wildman–Crippen MR) is 71.5 cm³/mol. The number of aliphatic hydroxyl groups is 1. The van der Waals surface area contributed by atoms with Crippen LogP contribution in [0.4, 0.5) is 0 Å². The number of aliphatic hydroxyl groups excluding tert-OH is 1. The van der Waals surface area contributed by atoms with E-state index >= 15 is 0 Å². The number of hydrogen-bond acceptors (Lipinski definition) is 4. The van der Waals surface area contributed by atoms with Crippen molar-refractivity contribution < 1.29 is 5.11 Å². The lowest BCUT2D eigenvalue weighted by atomic mass is 10.3. The van der Waals surface area contributed by atoms with Crippen LogP contribution in [-0.2, 0) is 19.6 Å². The summed E-state index contributed by atoms with van der Waals surface area (Å²) in [6.45, 7) is 5.14. The summed E-state index contributed by atoms with van der Waals surface area (Å²) in [4.78, 5) is 4.36. The van der Waals surface area contributed by atoms with Gasteiger partial charge in [-0.05, 0) is 26.0 Å². The van der Waals surface area contributed by atoms with Crippen molar-refractivity contribution >= 4 is 0 Å². The molecule has 2 N–H and O–H groups in total. The summed E-state index contributed by atoms with van der Waals surface area (Å²) in [6, 6.07) is 2.08. The topological polar surface area (TPSA) is 67.9 Å². The van der Waals surface area contributed by atoms with Gasteiger partial charge in [0.15, 0.2) is 5.82 Å². The van der Waals surface area contributed by atoms with E-state index in [2.05, 4.69) is 26.1 Å². The molecule has 2 aromatic rings. The summed E-state index contributed by atoms with van der Waals surface area (Å²) in [6.07, 6.45) is 4.33. The Morgan fingerprint density at radius 3 is 3.26 bits per heavy atom. The molecule has 0 bridgehead atoms. The van der Waals surface area contributed by atoms with Crippen LogP contribution < -0.4 is 5.32 Å². The van der Waals surface area contributed by atoms with E-state index in [1.807, 2.05) is 10.8 Å². The van der Waals surface area contributed by atoms with Crippen LogP contribution >= 0.6 is 0 Å². The smallest absolute Gasteiger partial charge is 0.160 e. The molecular weight excluding hydrogens is 242 g/mol. The van der Waals surface area contributed by atoms with Gasteiger partial charge < -0.3 is 15.0 Å². The third-order valence-electron chi connectivity index (χ3n) is 3.30. The Kier molecular flexibility index (Phi) is 3.35. The molecule has 1 aliphatic heterocycles. The summed E-state index contributed by atoms with van der Waals surface area (Å²) in [5.74, 6) is 0.821. The zero-order chi connectivity index (χ0) is 13.2. The predicted octanol–water partition coefficient (Wildman–Crippen LogP) is 0.621. The minimum atomic E-state index is -0.393. The zero-order valence-electron chi connectivity index (χ0n) is 11.1. The van der Waals surface area contributed by atoms with Crippen molar-refractivity contribution in [2.75, 3.05) is 6.54 Å². The van der Waals surface area contributed by atoms with E-state index < -0.39 is 6.10 Å². The van der Waals surface area contributed by atoms with Crippen LogP contribution in [0.25, 0.3) is 11.5 Å². The third-order valence-corrected chi connectivity index (χ3v) is 3.30. The van der Waals surface area contributed by atoms with Gasteiger partial charge in [-0.1, -0.05) is 0 Å². The molecule has 0 fully saturated rings. The van der Waals surface area contributed by atoms with E-state index in [0.29, 0.717) is 6.54 Å². The fraction of sp³-hybridized carbons (Fsp3) is 0.538. The molecule has 0 saturated carbocycles. The van der Waals surface area contributed by atoms with Crippen LogP contribution in [0.5, 0.6) is 0 Å². The van der Waals surface area contributed by atoms with Crippen molar-refractivity contribution in [1.82, 2.24) is 24.6 Å². The highest BCUT2D eigenvalue weighted by atomic mass is 16.3. The Morgan fingerprint density at radius 1 is 1.53 bits per heavy atom. The van der Waals surface area contributed by atoms with Gasteiger partial charge in [0, 0.05) is 32.0 Å². The van der Waals surface area contributed by atoms with Crippen molar-refractivity contribution in [2.45, 2.75) is 39.1 Å². The molecule has 1 aliphatic rings. The third kappa shape index (κ3) is 2.54. The number of aromatic nitrogens is 4. The molecule has 3 rings (SSSR count). The summed E-state index contributed by atoms with van der Waals surface area (Å²) >= 11 is 0. The van der Waals surface area contributed by atoms with Crippen molar-refractivity contribution in [3.05, 3.63) is 24.2 Å². The van der Waals surface area contributed by atoms with Crippen molar-refractivity contribution in [1.29, 1.82) is 0 Å². The molecule has 0 radical (unpaired) electrons. The van der Waals surface area contributed by atoms with E-state index in [4.69, 9.17) is 0 Å². The summed E-state index contributed by atoms with van der Waals surface area (Å²) < 4.78 is 4.00. The Hall–Kier alpha value is -1.66. The number of nitrogens with zero attached hydrogens (tertiary/aromatic N) is 4. The molecule has 3 heterocycles. The van der Waals surface area contributed by atoms with Gasteiger partial charge in [-0.15, -0.1) is 0 Å². The summed E-state index contributed by atoms with van der Waals surface area (Å²) in [7, 11) is 0. The maximum Gasteiger partial charge on any atom is 0.160 e. The molecule has 0 spiro atoms. The molecular formula is C13H19N5O. The van der Waals surface area contributed by atoms with Crippen molar-refractivity contribution in [2.24, 2.45) is 0 Å². The van der Waals surface area contributed by atoms with E-state index in [9.17, 15) is 5.11 Å². The first-order chi connectivity index (χ1) is 9.24. The van der Waals surface area contributed by atoms with Gasteiger partial charge in [-0.25, -0.2) is 4.98 Å². The quantitative estimate of drug-likeness (QED) is 0.850. The molecule has 0 saturated heterocycles. The number of imidazole rings is 1. The molecule has 6 heteroatoms. The van der Waals surface area contributed by atoms with Gasteiger partial charge in [0.05, 0.1) is 11.8 Å². The van der Waals surface area contributed by atoms with Gasteiger partial charge >= 0.3 is 0 Å². The van der Waals surface area contributed by atoms with Crippen LogP contribution in [0.2, 0.25) is 0 Å². The summed E-state index contributed by atoms with van der Waals surface area (Å²) in [5.41, 5.74) is 2.07. The van der Waals surface area contributed by atoms with Gasteiger partial charge in [0.1, 0.15) is 5.69 Å². The molecule has 0 aliphatic carbocycles. The average Bonchev–Trinajstić information content (AvgIpc) is 2.91. The molecule has 102 valence electrons. The molecule has 1 atom stereocenters. The van der Waals surface area contributed by atoms with Crippen LogP contribution in [0.15, 0.2) is 18.5 Å². The number of nitrogens with one attached hydrogen (secondary N) is 1. The van der Waals surface area contributed by atoms with Gasteiger partial charge in [0.25, 0.3) is 0 Å². The molecule has 2 aromatic heterocycles. The Balaban J connectivity index is 1.92. The van der Waals surface area contributed by atoms with Crippen molar-refractivity contribution in [3.8, 4) is 11.5 Å². The monoisotopic (exact) mass is 261 g/mol. The first-order valence-electron chi connectivity index (χ1n) is 6.71. The zero-order valence-corrected chi connectivity index (χ0v) is 11.1. The highest BCUT2D eigenvalue weighted by Crippen LogP contribution is 2.19. The highest BCUT2D eigenvalue weighted by molar-refractivity contribution is 5.50. The van der Waals surface area contributed by atoms with Gasteiger partial charge in [-0.3, -0.25) is 4.68 Å². The maximum atomic E-state index is 9.51. The van der Waals surface area contributed by atoms with Crippen LogP contribution in [0.1, 0.15) is 19.0 Å². The lowest BCUT2D eigenvalue weighted by Crippen LogP contribution is -2.12. The molecule has 0 aromatic carbocycles. The fourth-order valence-electron chi connectivity index (χ4n) is 2.45. The molecule has 6 nitrogen and oxygen atoms in total. The van der Waals surface area contributed by atoms with Crippen LogP contribution in [0.3, 0.4) is 0 Å². The minimum absolute atomic E-state index is 0.393. The van der Waals surface area contributed by atoms with Crippen LogP contribution in [0, 0.1) is 0 Å². The van der Waals surface area contributed by atoms with E-state index in [-0.39, 0.29) is 0 Å². The second kappa shape index (κ2) is 5.14. The SMILES string of the molecule is C[C@@H](O)Cn1ccnc1-c1cc2n(n1)CCCNC2. The second-order valence-electron chi connectivity index (χ2n) is 5.03. The average molecular weight is 261 g/mol. The Labute approximate surface area is 112 Å². The standard InChI is InChI=1S/C13H19N5O/c1-10(19)9-17-6-4-15-13(17)12-7-11-8-14-3-2-5-18(11)16-12/h4,6-7,10,14,19H,2-3,5,8-9H2,1H3/t10-/m1/s1. The Morgan fingerprint density at radius 2 is 2.42 bits per heavy atom. The number of fused-ring (bicyclic) bond motifs is 1. The first-order valence-corrected chi connectivity index (χ1v) is 6.71.